The van der Waals surface area contributed by atoms with Gasteiger partial charge in [0.1, 0.15) is 28.6 Å². The van der Waals surface area contributed by atoms with E-state index in [9.17, 15) is 23.2 Å². The zero-order chi connectivity index (χ0) is 29.3. The van der Waals surface area contributed by atoms with E-state index in [0.29, 0.717) is 44.7 Å². The van der Waals surface area contributed by atoms with Crippen molar-refractivity contribution in [3.63, 3.8) is 0 Å². The first kappa shape index (κ1) is 28.2. The first-order chi connectivity index (χ1) is 19.5. The van der Waals surface area contributed by atoms with E-state index in [1.54, 1.807) is 37.9 Å². The summed E-state index contributed by atoms with van der Waals surface area (Å²) in [4.78, 5) is 46.1. The molecule has 4 heterocycles. The molecule has 2 N–H and O–H groups in total. The van der Waals surface area contributed by atoms with Crippen molar-refractivity contribution >= 4 is 29.4 Å². The van der Waals surface area contributed by atoms with Crippen LogP contribution in [-0.2, 0) is 9.53 Å². The smallest absolute Gasteiger partial charge is 0.410 e. The molecule has 13 heteroatoms. The fourth-order valence-electron chi connectivity index (χ4n) is 5.25. The molecule has 2 saturated heterocycles. The summed E-state index contributed by atoms with van der Waals surface area (Å²) >= 11 is 0. The minimum atomic E-state index is -0.599. The monoisotopic (exact) mass is 569 g/mol. The number of likely N-dealkylation sites (tertiary alicyclic amines) is 1. The Balaban J connectivity index is 1.22. The predicted molar refractivity (Wildman–Crippen MR) is 145 cm³/mol. The van der Waals surface area contributed by atoms with E-state index in [4.69, 9.17) is 4.74 Å². The highest BCUT2D eigenvalue weighted by Crippen LogP contribution is 2.37. The van der Waals surface area contributed by atoms with Gasteiger partial charge in [-0.2, -0.15) is 5.10 Å². The molecule has 2 aliphatic rings. The Labute approximate surface area is 235 Å². The summed E-state index contributed by atoms with van der Waals surface area (Å²) in [7, 11) is 0. The van der Waals surface area contributed by atoms with E-state index in [-0.39, 0.29) is 28.6 Å². The number of anilines is 1. The summed E-state index contributed by atoms with van der Waals surface area (Å²) in [5.41, 5.74) is 4.96. The van der Waals surface area contributed by atoms with Crippen LogP contribution in [0.1, 0.15) is 68.4 Å². The van der Waals surface area contributed by atoms with Gasteiger partial charge in [0.25, 0.3) is 5.91 Å². The minimum absolute atomic E-state index is 0.138. The molecule has 0 spiro atoms. The van der Waals surface area contributed by atoms with E-state index in [1.165, 1.54) is 16.8 Å². The van der Waals surface area contributed by atoms with Gasteiger partial charge in [-0.05, 0) is 70.7 Å². The zero-order valence-electron chi connectivity index (χ0n) is 23.2. The molecule has 2 fully saturated rings. The lowest BCUT2D eigenvalue weighted by atomic mass is 9.96. The number of hydrogen-bond donors (Lipinski definition) is 2. The second-order valence-electron chi connectivity index (χ2n) is 11.3. The molecule has 3 aromatic rings. The van der Waals surface area contributed by atoms with Crippen LogP contribution in [0.3, 0.4) is 0 Å². The van der Waals surface area contributed by atoms with Gasteiger partial charge in [0.15, 0.2) is 5.65 Å². The molecular formula is C28H33F2N7O4. The SMILES string of the molecule is CC(C)(C)OC(=O)N1CCC(C(=O)NNC(=O)c2cnn3ccc(N4CCCC4c4cc(F)ccc4F)nc23)CC1. The van der Waals surface area contributed by atoms with Crippen LogP contribution < -0.4 is 15.8 Å². The van der Waals surface area contributed by atoms with Gasteiger partial charge in [0.2, 0.25) is 5.91 Å². The Kier molecular flexibility index (Phi) is 7.78. The normalized spacial score (nSPS) is 18.0. The van der Waals surface area contributed by atoms with Crippen LogP contribution in [0.2, 0.25) is 0 Å². The summed E-state index contributed by atoms with van der Waals surface area (Å²) in [6, 6.07) is 4.73. The third-order valence-electron chi connectivity index (χ3n) is 7.28. The van der Waals surface area contributed by atoms with E-state index < -0.39 is 35.3 Å². The predicted octanol–water partition coefficient (Wildman–Crippen LogP) is 3.76. The number of benzene rings is 1. The molecule has 5 rings (SSSR count). The van der Waals surface area contributed by atoms with Crippen LogP contribution in [-0.4, -0.2) is 62.6 Å². The third-order valence-corrected chi connectivity index (χ3v) is 7.28. The molecule has 0 aliphatic carbocycles. The average molecular weight is 570 g/mol. The van der Waals surface area contributed by atoms with Gasteiger partial charge in [-0.3, -0.25) is 20.4 Å². The fourth-order valence-corrected chi connectivity index (χ4v) is 5.25. The van der Waals surface area contributed by atoms with E-state index in [2.05, 4.69) is 20.9 Å². The fraction of sp³-hybridized carbons (Fsp3) is 0.464. The van der Waals surface area contributed by atoms with Crippen molar-refractivity contribution in [3.05, 3.63) is 59.4 Å². The first-order valence-corrected chi connectivity index (χ1v) is 13.6. The summed E-state index contributed by atoms with van der Waals surface area (Å²) in [5, 5.41) is 4.18. The molecule has 1 aromatic carbocycles. The maximum absolute atomic E-state index is 14.5. The molecule has 1 unspecified atom stereocenters. The molecule has 1 atom stereocenters. The van der Waals surface area contributed by atoms with Crippen molar-refractivity contribution in [2.75, 3.05) is 24.5 Å². The Bertz CT molecular complexity index is 1460. The molecule has 41 heavy (non-hydrogen) atoms. The molecule has 0 bridgehead atoms. The molecule has 0 saturated carbocycles. The zero-order valence-corrected chi connectivity index (χ0v) is 23.2. The highest BCUT2D eigenvalue weighted by Gasteiger charge is 2.32. The lowest BCUT2D eigenvalue weighted by molar-refractivity contribution is -0.127. The van der Waals surface area contributed by atoms with Crippen molar-refractivity contribution < 1.29 is 27.9 Å². The van der Waals surface area contributed by atoms with E-state index >= 15 is 0 Å². The van der Waals surface area contributed by atoms with Crippen LogP contribution in [0, 0.1) is 17.6 Å². The molecule has 2 aliphatic heterocycles. The van der Waals surface area contributed by atoms with Gasteiger partial charge in [-0.25, -0.2) is 23.1 Å². The van der Waals surface area contributed by atoms with Gasteiger partial charge in [0, 0.05) is 37.3 Å². The summed E-state index contributed by atoms with van der Waals surface area (Å²) in [6.45, 7) is 6.72. The number of fused-ring (bicyclic) bond motifs is 1. The third kappa shape index (κ3) is 6.23. The quantitative estimate of drug-likeness (QED) is 0.459. The Morgan fingerprint density at radius 2 is 1.78 bits per heavy atom. The summed E-state index contributed by atoms with van der Waals surface area (Å²) < 4.78 is 35.2. The Morgan fingerprint density at radius 3 is 2.51 bits per heavy atom. The van der Waals surface area contributed by atoms with Crippen molar-refractivity contribution in [2.24, 2.45) is 5.92 Å². The Hall–Kier alpha value is -4.29. The van der Waals surface area contributed by atoms with Crippen LogP contribution in [0.4, 0.5) is 19.4 Å². The number of carbonyl (C=O) groups excluding carboxylic acids is 3. The number of hydrogen-bond acceptors (Lipinski definition) is 7. The van der Waals surface area contributed by atoms with Gasteiger partial charge >= 0.3 is 6.09 Å². The topological polar surface area (TPSA) is 121 Å². The molecule has 11 nitrogen and oxygen atoms in total. The largest absolute Gasteiger partial charge is 0.444 e. The molecule has 218 valence electrons. The Morgan fingerprint density at radius 1 is 1.02 bits per heavy atom. The number of rotatable bonds is 4. The molecular weight excluding hydrogens is 536 g/mol. The second-order valence-corrected chi connectivity index (χ2v) is 11.3. The molecule has 0 radical (unpaired) electrons. The average Bonchev–Trinajstić information content (AvgIpc) is 3.59. The van der Waals surface area contributed by atoms with Gasteiger partial charge in [-0.1, -0.05) is 0 Å². The highest BCUT2D eigenvalue weighted by atomic mass is 19.1. The number of ether oxygens (including phenoxy) is 1. The van der Waals surface area contributed by atoms with E-state index in [0.717, 1.165) is 18.6 Å². The number of nitrogens with one attached hydrogen (secondary N) is 2. The standard InChI is InChI=1S/C28H33F2N7O4/c1-28(2,3)41-27(40)35-12-8-17(9-13-35)25(38)33-34-26(39)20-16-31-37-14-10-23(32-24(20)37)36-11-4-5-22(36)19-15-18(29)6-7-21(19)30/h6-7,10,14-17,22H,4-5,8-9,11-13H2,1-3H3,(H,33,38)(H,34,39). The molecule has 2 aromatic heterocycles. The van der Waals surface area contributed by atoms with Crippen molar-refractivity contribution in [1.82, 2.24) is 30.3 Å². The lowest BCUT2D eigenvalue weighted by Crippen LogP contribution is -2.48. The summed E-state index contributed by atoms with van der Waals surface area (Å²) in [6.07, 6.45) is 4.84. The highest BCUT2D eigenvalue weighted by molar-refractivity contribution is 6.00. The van der Waals surface area contributed by atoms with Gasteiger partial charge < -0.3 is 14.5 Å². The number of piperidine rings is 1. The van der Waals surface area contributed by atoms with Crippen LogP contribution >= 0.6 is 0 Å². The van der Waals surface area contributed by atoms with Crippen molar-refractivity contribution in [2.45, 2.75) is 58.1 Å². The second kappa shape index (κ2) is 11.3. The van der Waals surface area contributed by atoms with Crippen molar-refractivity contribution in [1.29, 1.82) is 0 Å². The number of aromatic nitrogens is 3. The lowest BCUT2D eigenvalue weighted by Gasteiger charge is -2.32. The first-order valence-electron chi connectivity index (χ1n) is 13.6. The van der Waals surface area contributed by atoms with Crippen LogP contribution in [0.25, 0.3) is 5.65 Å². The minimum Gasteiger partial charge on any atom is -0.444 e. The van der Waals surface area contributed by atoms with Gasteiger partial charge in [-0.15, -0.1) is 0 Å². The van der Waals surface area contributed by atoms with E-state index in [1.807, 2.05) is 4.90 Å². The summed E-state index contributed by atoms with van der Waals surface area (Å²) in [5.74, 6) is -1.83. The van der Waals surface area contributed by atoms with Crippen molar-refractivity contribution in [3.8, 4) is 0 Å². The van der Waals surface area contributed by atoms with Crippen LogP contribution in [0.5, 0.6) is 0 Å². The number of nitrogens with zero attached hydrogens (tertiary/aromatic N) is 5. The maximum atomic E-state index is 14.5. The number of halogens is 2. The number of amides is 3. The van der Waals surface area contributed by atoms with Crippen LogP contribution in [0.15, 0.2) is 36.7 Å². The number of carbonyl (C=O) groups is 3. The number of hydrazine groups is 1. The molecule has 3 amide bonds. The van der Waals surface area contributed by atoms with Gasteiger partial charge in [0.05, 0.1) is 12.2 Å². The maximum Gasteiger partial charge on any atom is 0.410 e.